The summed E-state index contributed by atoms with van der Waals surface area (Å²) in [5, 5.41) is 8.16. The predicted octanol–water partition coefficient (Wildman–Crippen LogP) is 4.02. The maximum absolute atomic E-state index is 12.9. The van der Waals surface area contributed by atoms with Crippen molar-refractivity contribution in [3.63, 3.8) is 0 Å². The quantitative estimate of drug-likeness (QED) is 0.429. The van der Waals surface area contributed by atoms with Crippen LogP contribution in [0.3, 0.4) is 0 Å². The van der Waals surface area contributed by atoms with Crippen molar-refractivity contribution in [3.05, 3.63) is 39.2 Å². The molecule has 4 rings (SSSR count). The van der Waals surface area contributed by atoms with E-state index in [-0.39, 0.29) is 24.2 Å². The van der Waals surface area contributed by atoms with Crippen molar-refractivity contribution in [1.29, 1.82) is 0 Å². The van der Waals surface area contributed by atoms with Crippen LogP contribution in [0.5, 0.6) is 0 Å². The number of nitrogens with one attached hydrogen (secondary N) is 1. The molecule has 0 fully saturated rings. The Bertz CT molecular complexity index is 1260. The summed E-state index contributed by atoms with van der Waals surface area (Å²) in [5.41, 5.74) is 3.57. The largest absolute Gasteiger partial charge is 0.462 e. The average molecular weight is 530 g/mol. The van der Waals surface area contributed by atoms with Crippen LogP contribution in [-0.4, -0.2) is 56.5 Å². The SMILES string of the molecule is CCOC(=O)c1c(NC(=O)CSC2=N/C(=C/c3cnn(C)c3C)C(=O)N2CC)sc2c1CC[C@H](C)C2. The number of nitrogens with zero attached hydrogens (tertiary/aromatic N) is 4. The van der Waals surface area contributed by atoms with Gasteiger partial charge in [-0.1, -0.05) is 18.7 Å². The number of thiophene rings is 1. The Morgan fingerprint density at radius 3 is 2.81 bits per heavy atom. The number of esters is 1. The Hall–Kier alpha value is -2.92. The van der Waals surface area contributed by atoms with Gasteiger partial charge in [-0.2, -0.15) is 5.10 Å². The fourth-order valence-electron chi connectivity index (χ4n) is 4.27. The molecule has 2 amide bonds. The Morgan fingerprint density at radius 2 is 2.14 bits per heavy atom. The summed E-state index contributed by atoms with van der Waals surface area (Å²) in [6, 6.07) is 0. The topological polar surface area (TPSA) is 106 Å². The lowest BCUT2D eigenvalue weighted by Gasteiger charge is -2.18. The van der Waals surface area contributed by atoms with Gasteiger partial charge in [0.1, 0.15) is 10.7 Å². The molecule has 1 atom stereocenters. The van der Waals surface area contributed by atoms with Crippen LogP contribution in [0.25, 0.3) is 6.08 Å². The molecule has 0 saturated carbocycles. The molecule has 11 heteroatoms. The van der Waals surface area contributed by atoms with E-state index in [0.717, 1.165) is 41.0 Å². The van der Waals surface area contributed by atoms with Crippen molar-refractivity contribution in [1.82, 2.24) is 14.7 Å². The number of fused-ring (bicyclic) bond motifs is 1. The summed E-state index contributed by atoms with van der Waals surface area (Å²) in [6.45, 7) is 8.48. The van der Waals surface area contributed by atoms with Gasteiger partial charge in [0, 0.05) is 29.7 Å². The van der Waals surface area contributed by atoms with Crippen molar-refractivity contribution >= 4 is 57.1 Å². The number of carbonyl (C=O) groups is 3. The maximum atomic E-state index is 12.9. The molecular weight excluding hydrogens is 498 g/mol. The number of likely N-dealkylation sites (N-methyl/N-ethyl adjacent to an activating group) is 1. The molecule has 0 spiro atoms. The lowest BCUT2D eigenvalue weighted by Crippen LogP contribution is -2.31. The van der Waals surface area contributed by atoms with Gasteiger partial charge in [-0.3, -0.25) is 19.2 Å². The third kappa shape index (κ3) is 5.27. The molecule has 192 valence electrons. The zero-order chi connectivity index (χ0) is 26.0. The number of carbonyl (C=O) groups excluding carboxylic acids is 3. The number of hydrogen-bond acceptors (Lipinski definition) is 8. The Kier molecular flexibility index (Phi) is 7.99. The van der Waals surface area contributed by atoms with E-state index in [4.69, 9.17) is 4.74 Å². The number of anilines is 1. The highest BCUT2D eigenvalue weighted by atomic mass is 32.2. The first-order valence-corrected chi connectivity index (χ1v) is 13.9. The van der Waals surface area contributed by atoms with Crippen LogP contribution in [0, 0.1) is 12.8 Å². The van der Waals surface area contributed by atoms with Crippen molar-refractivity contribution in [2.45, 2.75) is 47.0 Å². The number of amides is 2. The summed E-state index contributed by atoms with van der Waals surface area (Å²) >= 11 is 2.66. The minimum absolute atomic E-state index is 0.0586. The van der Waals surface area contributed by atoms with E-state index in [9.17, 15) is 14.4 Å². The number of rotatable bonds is 7. The average Bonchev–Trinajstić information content (AvgIpc) is 3.46. The number of aliphatic imine (C=N–C) groups is 1. The molecule has 3 heterocycles. The van der Waals surface area contributed by atoms with Crippen LogP contribution < -0.4 is 5.32 Å². The lowest BCUT2D eigenvalue weighted by molar-refractivity contribution is -0.122. The molecule has 1 aliphatic heterocycles. The number of thioether (sulfide) groups is 1. The number of amidine groups is 1. The fourth-order valence-corrected chi connectivity index (χ4v) is 6.55. The van der Waals surface area contributed by atoms with Gasteiger partial charge in [-0.05, 0) is 57.6 Å². The van der Waals surface area contributed by atoms with E-state index in [1.807, 2.05) is 20.9 Å². The first-order chi connectivity index (χ1) is 17.2. The Balaban J connectivity index is 1.49. The minimum atomic E-state index is -0.393. The second kappa shape index (κ2) is 11.0. The molecule has 9 nitrogen and oxygen atoms in total. The van der Waals surface area contributed by atoms with Gasteiger partial charge in [0.15, 0.2) is 5.17 Å². The second-order valence-electron chi connectivity index (χ2n) is 8.90. The van der Waals surface area contributed by atoms with Crippen LogP contribution in [0.4, 0.5) is 5.00 Å². The van der Waals surface area contributed by atoms with E-state index in [1.54, 1.807) is 28.8 Å². The molecule has 0 bridgehead atoms. The normalized spacial score (nSPS) is 18.4. The van der Waals surface area contributed by atoms with Gasteiger partial charge < -0.3 is 10.1 Å². The molecule has 1 N–H and O–H groups in total. The molecule has 0 saturated heterocycles. The van der Waals surface area contributed by atoms with Crippen molar-refractivity contribution in [3.8, 4) is 0 Å². The third-order valence-corrected chi connectivity index (χ3v) is 8.52. The molecule has 2 aliphatic rings. The van der Waals surface area contributed by atoms with Gasteiger partial charge in [0.05, 0.1) is 24.1 Å². The van der Waals surface area contributed by atoms with Crippen LogP contribution in [0.15, 0.2) is 16.9 Å². The van der Waals surface area contributed by atoms with Crippen LogP contribution in [0.1, 0.15) is 59.2 Å². The summed E-state index contributed by atoms with van der Waals surface area (Å²) in [5.74, 6) is -0.252. The molecule has 1 aliphatic carbocycles. The van der Waals surface area contributed by atoms with E-state index >= 15 is 0 Å². The third-order valence-electron chi connectivity index (χ3n) is 6.37. The van der Waals surface area contributed by atoms with Crippen LogP contribution in [0.2, 0.25) is 0 Å². The number of aromatic nitrogens is 2. The monoisotopic (exact) mass is 529 g/mol. The summed E-state index contributed by atoms with van der Waals surface area (Å²) in [6.07, 6.45) is 6.13. The summed E-state index contributed by atoms with van der Waals surface area (Å²) in [4.78, 5) is 45.7. The molecule has 0 unspecified atom stereocenters. The molecule has 2 aromatic rings. The zero-order valence-corrected chi connectivity index (χ0v) is 22.8. The van der Waals surface area contributed by atoms with Gasteiger partial charge in [0.2, 0.25) is 5.91 Å². The highest BCUT2D eigenvalue weighted by Crippen LogP contribution is 2.40. The first-order valence-electron chi connectivity index (χ1n) is 12.1. The minimum Gasteiger partial charge on any atom is -0.462 e. The zero-order valence-electron chi connectivity index (χ0n) is 21.2. The van der Waals surface area contributed by atoms with Gasteiger partial charge in [-0.15, -0.1) is 11.3 Å². The smallest absolute Gasteiger partial charge is 0.341 e. The van der Waals surface area contributed by atoms with Gasteiger partial charge in [-0.25, -0.2) is 9.79 Å². The van der Waals surface area contributed by atoms with E-state index in [2.05, 4.69) is 22.3 Å². The second-order valence-corrected chi connectivity index (χ2v) is 10.9. The van der Waals surface area contributed by atoms with Gasteiger partial charge >= 0.3 is 5.97 Å². The summed E-state index contributed by atoms with van der Waals surface area (Å²) in [7, 11) is 1.84. The Labute approximate surface area is 219 Å². The van der Waals surface area contributed by atoms with E-state index in [1.165, 1.54) is 23.1 Å². The highest BCUT2D eigenvalue weighted by Gasteiger charge is 2.31. The lowest BCUT2D eigenvalue weighted by atomic mass is 9.88. The van der Waals surface area contributed by atoms with E-state index in [0.29, 0.717) is 33.9 Å². The number of hydrogen-bond donors (Lipinski definition) is 1. The standard InChI is InChI=1S/C25H31N5O4S2/c1-6-30-23(32)18(11-16-12-26-29(5)15(16)4)27-25(30)35-13-20(31)28-22-21(24(33)34-7-2)17-9-8-14(3)10-19(17)36-22/h11-12,14H,6-10,13H2,1-5H3,(H,28,31)/b18-11+/t14-/m0/s1. The molecule has 0 radical (unpaired) electrons. The van der Waals surface area contributed by atoms with Crippen LogP contribution in [-0.2, 0) is 34.2 Å². The van der Waals surface area contributed by atoms with Gasteiger partial charge in [0.25, 0.3) is 5.91 Å². The molecule has 2 aromatic heterocycles. The van der Waals surface area contributed by atoms with Crippen molar-refractivity contribution < 1.29 is 19.1 Å². The van der Waals surface area contributed by atoms with Crippen molar-refractivity contribution in [2.75, 3.05) is 24.2 Å². The summed E-state index contributed by atoms with van der Waals surface area (Å²) < 4.78 is 7.03. The fraction of sp³-hybridized carbons (Fsp3) is 0.480. The number of ether oxygens (including phenoxy) is 1. The van der Waals surface area contributed by atoms with Crippen LogP contribution >= 0.6 is 23.1 Å². The molecule has 36 heavy (non-hydrogen) atoms. The predicted molar refractivity (Wildman–Crippen MR) is 143 cm³/mol. The van der Waals surface area contributed by atoms with Crippen molar-refractivity contribution in [2.24, 2.45) is 18.0 Å². The molecule has 0 aromatic carbocycles. The highest BCUT2D eigenvalue weighted by molar-refractivity contribution is 8.14. The number of aryl methyl sites for hydroxylation is 1. The van der Waals surface area contributed by atoms with E-state index < -0.39 is 5.97 Å². The molecular formula is C25H31N5O4S2. The first kappa shape index (κ1) is 26.2. The maximum Gasteiger partial charge on any atom is 0.341 e. The Morgan fingerprint density at radius 1 is 1.36 bits per heavy atom.